The molecule has 4 rings (SSSR count). The summed E-state index contributed by atoms with van der Waals surface area (Å²) >= 11 is 0. The number of likely N-dealkylation sites (N-methyl/N-ethyl adjacent to an activating group) is 1. The van der Waals surface area contributed by atoms with Gasteiger partial charge < -0.3 is 15.5 Å². The molecule has 32 heavy (non-hydrogen) atoms. The van der Waals surface area contributed by atoms with Crippen molar-refractivity contribution < 1.29 is 18.4 Å². The molecule has 2 amide bonds. The van der Waals surface area contributed by atoms with Crippen LogP contribution in [0.25, 0.3) is 16.8 Å². The van der Waals surface area contributed by atoms with Crippen molar-refractivity contribution in [3.8, 4) is 11.1 Å². The van der Waals surface area contributed by atoms with E-state index in [9.17, 15) is 18.4 Å². The maximum absolute atomic E-state index is 13.6. The summed E-state index contributed by atoms with van der Waals surface area (Å²) in [4.78, 5) is 32.3. The van der Waals surface area contributed by atoms with Gasteiger partial charge in [-0.15, -0.1) is 0 Å². The van der Waals surface area contributed by atoms with Crippen molar-refractivity contribution >= 4 is 17.5 Å². The molecule has 0 saturated carbocycles. The highest BCUT2D eigenvalue weighted by atomic mass is 19.3. The first-order valence-electron chi connectivity index (χ1n) is 10.2. The van der Waals surface area contributed by atoms with Crippen LogP contribution in [-0.2, 0) is 9.59 Å². The fraction of sp³-hybridized carbons (Fsp3) is 0.364. The van der Waals surface area contributed by atoms with E-state index in [1.54, 1.807) is 36.9 Å². The molecule has 2 N–H and O–H groups in total. The van der Waals surface area contributed by atoms with E-state index in [0.717, 1.165) is 16.0 Å². The number of fused-ring (bicyclic) bond motifs is 1. The van der Waals surface area contributed by atoms with Crippen LogP contribution in [0, 0.1) is 0 Å². The zero-order valence-corrected chi connectivity index (χ0v) is 17.8. The number of carbonyl (C=O) groups excluding carboxylic acids is 2. The number of carbonyl (C=O) groups is 2. The van der Waals surface area contributed by atoms with E-state index in [-0.39, 0.29) is 12.5 Å². The quantitative estimate of drug-likeness (QED) is 0.650. The number of aromatic nitrogens is 3. The number of benzene rings is 1. The third-order valence-electron chi connectivity index (χ3n) is 5.72. The molecule has 0 unspecified atom stereocenters. The van der Waals surface area contributed by atoms with Gasteiger partial charge in [-0.05, 0) is 28.8 Å². The van der Waals surface area contributed by atoms with Crippen LogP contribution in [-0.4, -0.2) is 75.4 Å². The molecule has 10 heteroatoms. The van der Waals surface area contributed by atoms with Gasteiger partial charge in [0.15, 0.2) is 5.65 Å². The highest BCUT2D eigenvalue weighted by Gasteiger charge is 2.44. The standard InChI is InChI=1S/C22H24F2N6O2/c1-28(2)20(31)18(19(25)21(32)29-10-8-22(23,24)12-29)15-5-3-14(4-6-15)16-7-9-30-17(11-16)26-13-27-30/h3-7,9,11,13,18-19H,8,10,12,25H2,1-2H3/t18-,19-/m0/s1. The monoisotopic (exact) mass is 442 g/mol. The molecule has 2 atom stereocenters. The Hall–Kier alpha value is -3.40. The lowest BCUT2D eigenvalue weighted by Crippen LogP contribution is -2.50. The summed E-state index contributed by atoms with van der Waals surface area (Å²) in [6.07, 6.45) is 2.86. The smallest absolute Gasteiger partial charge is 0.267 e. The summed E-state index contributed by atoms with van der Waals surface area (Å²) in [5, 5.41) is 4.07. The highest BCUT2D eigenvalue weighted by Crippen LogP contribution is 2.30. The van der Waals surface area contributed by atoms with Gasteiger partial charge in [0.25, 0.3) is 5.92 Å². The predicted octanol–water partition coefficient (Wildman–Crippen LogP) is 1.76. The van der Waals surface area contributed by atoms with Gasteiger partial charge >= 0.3 is 0 Å². The van der Waals surface area contributed by atoms with Crippen LogP contribution in [0.3, 0.4) is 0 Å². The molecule has 3 aromatic rings. The Labute approximate surface area is 183 Å². The van der Waals surface area contributed by atoms with Gasteiger partial charge in [-0.2, -0.15) is 5.10 Å². The van der Waals surface area contributed by atoms with E-state index in [0.29, 0.717) is 11.2 Å². The number of nitrogens with two attached hydrogens (primary N) is 1. The number of nitrogens with zero attached hydrogens (tertiary/aromatic N) is 5. The van der Waals surface area contributed by atoms with Crippen molar-refractivity contribution in [2.45, 2.75) is 24.3 Å². The molecule has 1 aromatic carbocycles. The second kappa shape index (κ2) is 8.27. The van der Waals surface area contributed by atoms with Crippen LogP contribution < -0.4 is 5.73 Å². The van der Waals surface area contributed by atoms with Crippen LogP contribution in [0.4, 0.5) is 8.78 Å². The molecule has 0 radical (unpaired) electrons. The van der Waals surface area contributed by atoms with Crippen molar-refractivity contribution in [1.82, 2.24) is 24.4 Å². The van der Waals surface area contributed by atoms with Gasteiger partial charge in [-0.25, -0.2) is 18.3 Å². The van der Waals surface area contributed by atoms with Gasteiger partial charge in [-0.1, -0.05) is 24.3 Å². The summed E-state index contributed by atoms with van der Waals surface area (Å²) in [5.41, 5.74) is 9.23. The zero-order chi connectivity index (χ0) is 23.0. The Morgan fingerprint density at radius 1 is 1.16 bits per heavy atom. The average Bonchev–Trinajstić information content (AvgIpc) is 3.38. The number of hydrogen-bond acceptors (Lipinski definition) is 5. The topological polar surface area (TPSA) is 96.8 Å². The first kappa shape index (κ1) is 21.8. The fourth-order valence-corrected chi connectivity index (χ4v) is 3.94. The van der Waals surface area contributed by atoms with Crippen molar-refractivity contribution in [3.05, 3.63) is 54.5 Å². The summed E-state index contributed by atoms with van der Waals surface area (Å²) in [5.74, 6) is -4.93. The van der Waals surface area contributed by atoms with Crippen LogP contribution in [0.5, 0.6) is 0 Å². The molecule has 1 saturated heterocycles. The van der Waals surface area contributed by atoms with Gasteiger partial charge in [0.05, 0.1) is 12.5 Å². The van der Waals surface area contributed by atoms with Crippen LogP contribution in [0.15, 0.2) is 48.9 Å². The summed E-state index contributed by atoms with van der Waals surface area (Å²) in [6, 6.07) is 9.64. The molecular formula is C22H24F2N6O2. The maximum atomic E-state index is 13.6. The van der Waals surface area contributed by atoms with E-state index in [2.05, 4.69) is 10.1 Å². The van der Waals surface area contributed by atoms with Gasteiger partial charge in [-0.3, -0.25) is 9.59 Å². The number of pyridine rings is 1. The zero-order valence-electron chi connectivity index (χ0n) is 17.8. The predicted molar refractivity (Wildman–Crippen MR) is 114 cm³/mol. The second-order valence-corrected chi connectivity index (χ2v) is 8.20. The number of hydrogen-bond donors (Lipinski definition) is 1. The molecule has 0 spiro atoms. The normalized spacial score (nSPS) is 17.3. The Morgan fingerprint density at radius 3 is 2.50 bits per heavy atom. The van der Waals surface area contributed by atoms with Crippen molar-refractivity contribution in [3.63, 3.8) is 0 Å². The van der Waals surface area contributed by atoms with E-state index in [1.807, 2.05) is 24.3 Å². The number of likely N-dealkylation sites (tertiary alicyclic amines) is 1. The lowest BCUT2D eigenvalue weighted by Gasteiger charge is -2.28. The van der Waals surface area contributed by atoms with Gasteiger partial charge in [0.1, 0.15) is 12.4 Å². The molecule has 168 valence electrons. The Balaban J connectivity index is 1.61. The molecule has 1 fully saturated rings. The van der Waals surface area contributed by atoms with E-state index >= 15 is 0 Å². The minimum Gasteiger partial charge on any atom is -0.348 e. The molecule has 8 nitrogen and oxygen atoms in total. The van der Waals surface area contributed by atoms with Gasteiger partial charge in [0.2, 0.25) is 11.8 Å². The Morgan fingerprint density at radius 2 is 1.88 bits per heavy atom. The average molecular weight is 442 g/mol. The fourth-order valence-electron chi connectivity index (χ4n) is 3.94. The Kier molecular flexibility index (Phi) is 5.64. The van der Waals surface area contributed by atoms with Crippen molar-refractivity contribution in [2.24, 2.45) is 5.73 Å². The number of rotatable bonds is 5. The minimum atomic E-state index is -2.93. The molecule has 0 bridgehead atoms. The molecule has 2 aromatic heterocycles. The van der Waals surface area contributed by atoms with Crippen molar-refractivity contribution in [1.29, 1.82) is 0 Å². The molecular weight excluding hydrogens is 418 g/mol. The van der Waals surface area contributed by atoms with Crippen LogP contribution >= 0.6 is 0 Å². The first-order valence-corrected chi connectivity index (χ1v) is 10.2. The summed E-state index contributed by atoms with van der Waals surface area (Å²) in [6.45, 7) is -0.751. The summed E-state index contributed by atoms with van der Waals surface area (Å²) in [7, 11) is 3.14. The van der Waals surface area contributed by atoms with E-state index in [1.165, 1.54) is 11.2 Å². The second-order valence-electron chi connectivity index (χ2n) is 8.20. The Bertz CT molecular complexity index is 1140. The molecule has 0 aliphatic carbocycles. The number of halogens is 2. The minimum absolute atomic E-state index is 0.0769. The number of alkyl halides is 2. The van der Waals surface area contributed by atoms with Crippen molar-refractivity contribution in [2.75, 3.05) is 27.2 Å². The molecule has 1 aliphatic heterocycles. The highest BCUT2D eigenvalue weighted by molar-refractivity contribution is 5.93. The van der Waals surface area contributed by atoms with Gasteiger partial charge in [0, 0.05) is 33.3 Å². The molecule has 3 heterocycles. The third-order valence-corrected chi connectivity index (χ3v) is 5.72. The van der Waals surface area contributed by atoms with E-state index < -0.39 is 36.8 Å². The van der Waals surface area contributed by atoms with Crippen LogP contribution in [0.1, 0.15) is 17.9 Å². The van der Waals surface area contributed by atoms with E-state index in [4.69, 9.17) is 5.73 Å². The number of amides is 2. The maximum Gasteiger partial charge on any atom is 0.267 e. The summed E-state index contributed by atoms with van der Waals surface area (Å²) < 4.78 is 28.8. The third kappa shape index (κ3) is 4.18. The largest absolute Gasteiger partial charge is 0.348 e. The lowest BCUT2D eigenvalue weighted by molar-refractivity contribution is -0.139. The lowest BCUT2D eigenvalue weighted by atomic mass is 9.88. The molecule has 1 aliphatic rings. The van der Waals surface area contributed by atoms with Crippen LogP contribution in [0.2, 0.25) is 0 Å². The first-order chi connectivity index (χ1) is 15.2. The SMILES string of the molecule is CN(C)C(=O)[C@@H](c1ccc(-c2ccn3ncnc3c2)cc1)[C@H](N)C(=O)N1CCC(F)(F)C1.